The van der Waals surface area contributed by atoms with Gasteiger partial charge in [-0.15, -0.1) is 0 Å². The van der Waals surface area contributed by atoms with Gasteiger partial charge in [0.1, 0.15) is 0 Å². The molecule has 6 nitrogen and oxygen atoms in total. The number of nitrogens with one attached hydrogen (secondary N) is 1. The van der Waals surface area contributed by atoms with E-state index in [0.717, 1.165) is 18.4 Å². The van der Waals surface area contributed by atoms with Gasteiger partial charge < -0.3 is 9.80 Å². The van der Waals surface area contributed by atoms with Crippen molar-refractivity contribution in [3.05, 3.63) is 59.2 Å². The van der Waals surface area contributed by atoms with Crippen molar-refractivity contribution in [2.24, 2.45) is 0 Å². The second-order valence-electron chi connectivity index (χ2n) is 7.94. The zero-order valence-electron chi connectivity index (χ0n) is 17.5. The highest BCUT2D eigenvalue weighted by atomic mass is 32.2. The van der Waals surface area contributed by atoms with Crippen LogP contribution in [-0.2, 0) is 10.0 Å². The summed E-state index contributed by atoms with van der Waals surface area (Å²) in [5.74, 6) is -0.0602. The molecule has 0 unspecified atom stereocenters. The molecule has 3 rings (SSSR count). The van der Waals surface area contributed by atoms with E-state index in [-0.39, 0.29) is 10.8 Å². The molecule has 0 aromatic heterocycles. The Morgan fingerprint density at radius 3 is 2.41 bits per heavy atom. The third kappa shape index (κ3) is 4.97. The number of sulfonamides is 1. The van der Waals surface area contributed by atoms with Gasteiger partial charge in [0.15, 0.2) is 0 Å². The first-order valence-corrected chi connectivity index (χ1v) is 11.3. The SMILES string of the molecule is Cc1ccc(C)c(S(=O)(=O)Nc2cccc(C(=O)N3CCC(N(C)C)CC3)c2)c1. The molecular formula is C22H29N3O3S. The quantitative estimate of drug-likeness (QED) is 0.814. The van der Waals surface area contributed by atoms with E-state index in [1.165, 1.54) is 0 Å². The Hall–Kier alpha value is -2.38. The summed E-state index contributed by atoms with van der Waals surface area (Å²) in [5, 5.41) is 0. The van der Waals surface area contributed by atoms with Gasteiger partial charge >= 0.3 is 0 Å². The van der Waals surface area contributed by atoms with Gasteiger partial charge in [0.25, 0.3) is 15.9 Å². The van der Waals surface area contributed by atoms with Gasteiger partial charge in [0.05, 0.1) is 4.90 Å². The van der Waals surface area contributed by atoms with Gasteiger partial charge in [-0.2, -0.15) is 0 Å². The first-order chi connectivity index (χ1) is 13.7. The second-order valence-corrected chi connectivity index (χ2v) is 9.59. The molecule has 2 aromatic carbocycles. The van der Waals surface area contributed by atoms with Crippen LogP contribution in [0.1, 0.15) is 34.3 Å². The van der Waals surface area contributed by atoms with Crippen LogP contribution >= 0.6 is 0 Å². The molecule has 1 amide bonds. The molecular weight excluding hydrogens is 386 g/mol. The zero-order chi connectivity index (χ0) is 21.2. The molecule has 0 radical (unpaired) electrons. The Bertz CT molecular complexity index is 994. The molecule has 0 spiro atoms. The lowest BCUT2D eigenvalue weighted by molar-refractivity contribution is 0.0663. The maximum atomic E-state index is 12.9. The highest BCUT2D eigenvalue weighted by Crippen LogP contribution is 2.23. The van der Waals surface area contributed by atoms with Gasteiger partial charge in [0, 0.05) is 30.4 Å². The molecule has 7 heteroatoms. The lowest BCUT2D eigenvalue weighted by Crippen LogP contribution is -2.44. The van der Waals surface area contributed by atoms with Gasteiger partial charge in [-0.3, -0.25) is 9.52 Å². The number of carbonyl (C=O) groups excluding carboxylic acids is 1. The van der Waals surface area contributed by atoms with Crippen LogP contribution < -0.4 is 4.72 Å². The van der Waals surface area contributed by atoms with Crippen molar-refractivity contribution >= 4 is 21.6 Å². The molecule has 1 heterocycles. The van der Waals surface area contributed by atoms with E-state index in [1.807, 2.05) is 17.9 Å². The number of aryl methyl sites for hydroxylation is 2. The van der Waals surface area contributed by atoms with Crippen molar-refractivity contribution in [3.63, 3.8) is 0 Å². The number of carbonyl (C=O) groups is 1. The molecule has 156 valence electrons. The van der Waals surface area contributed by atoms with E-state index in [2.05, 4.69) is 23.7 Å². The van der Waals surface area contributed by atoms with Crippen molar-refractivity contribution in [2.75, 3.05) is 31.9 Å². The van der Waals surface area contributed by atoms with Crippen LogP contribution in [-0.4, -0.2) is 57.4 Å². The van der Waals surface area contributed by atoms with Crippen molar-refractivity contribution in [1.82, 2.24) is 9.80 Å². The summed E-state index contributed by atoms with van der Waals surface area (Å²) in [5.41, 5.74) is 2.44. The molecule has 0 atom stereocenters. The first kappa shape index (κ1) is 21.3. The Balaban J connectivity index is 1.76. The highest BCUT2D eigenvalue weighted by Gasteiger charge is 2.25. The lowest BCUT2D eigenvalue weighted by Gasteiger charge is -2.35. The van der Waals surface area contributed by atoms with E-state index in [9.17, 15) is 13.2 Å². The predicted octanol–water partition coefficient (Wildman–Crippen LogP) is 3.27. The minimum atomic E-state index is -3.73. The van der Waals surface area contributed by atoms with Crippen molar-refractivity contribution in [2.45, 2.75) is 37.6 Å². The Labute approximate surface area is 173 Å². The summed E-state index contributed by atoms with van der Waals surface area (Å²) in [6, 6.07) is 12.5. The number of benzene rings is 2. The minimum Gasteiger partial charge on any atom is -0.339 e. The van der Waals surface area contributed by atoms with Crippen LogP contribution in [0.15, 0.2) is 47.4 Å². The lowest BCUT2D eigenvalue weighted by atomic mass is 10.0. The minimum absolute atomic E-state index is 0.0602. The molecule has 1 aliphatic heterocycles. The summed E-state index contributed by atoms with van der Waals surface area (Å²) in [6.07, 6.45) is 1.88. The number of hydrogen-bond donors (Lipinski definition) is 1. The van der Waals surface area contributed by atoms with E-state index in [1.54, 1.807) is 43.3 Å². The largest absolute Gasteiger partial charge is 0.339 e. The average Bonchev–Trinajstić information content (AvgIpc) is 2.69. The number of hydrogen-bond acceptors (Lipinski definition) is 4. The first-order valence-electron chi connectivity index (χ1n) is 9.83. The van der Waals surface area contributed by atoms with Crippen LogP contribution in [0.4, 0.5) is 5.69 Å². The summed E-state index contributed by atoms with van der Waals surface area (Å²) in [7, 11) is 0.395. The standard InChI is InChI=1S/C22H29N3O3S/c1-16-8-9-17(2)21(14-16)29(27,28)23-19-7-5-6-18(15-19)22(26)25-12-10-20(11-13-25)24(3)4/h5-9,14-15,20,23H,10-13H2,1-4H3. The number of anilines is 1. The van der Waals surface area contributed by atoms with Gasteiger partial charge in [-0.25, -0.2) is 8.42 Å². The van der Waals surface area contributed by atoms with Crippen LogP contribution in [0.2, 0.25) is 0 Å². The summed E-state index contributed by atoms with van der Waals surface area (Å²) < 4.78 is 28.3. The average molecular weight is 416 g/mol. The van der Waals surface area contributed by atoms with E-state index >= 15 is 0 Å². The van der Waals surface area contributed by atoms with Gasteiger partial charge in [0.2, 0.25) is 0 Å². The summed E-state index contributed by atoms with van der Waals surface area (Å²) in [6.45, 7) is 5.04. The Morgan fingerprint density at radius 1 is 1.07 bits per heavy atom. The zero-order valence-corrected chi connectivity index (χ0v) is 18.3. The van der Waals surface area contributed by atoms with E-state index < -0.39 is 10.0 Å². The molecule has 0 aliphatic carbocycles. The molecule has 1 N–H and O–H groups in total. The van der Waals surface area contributed by atoms with Crippen LogP contribution in [0.25, 0.3) is 0 Å². The monoisotopic (exact) mass is 415 g/mol. The third-order valence-electron chi connectivity index (χ3n) is 5.48. The van der Waals surface area contributed by atoms with Crippen molar-refractivity contribution in [1.29, 1.82) is 0 Å². The number of rotatable bonds is 5. The number of piperidine rings is 1. The normalized spacial score (nSPS) is 15.6. The number of nitrogens with zero attached hydrogens (tertiary/aromatic N) is 2. The van der Waals surface area contributed by atoms with Crippen molar-refractivity contribution in [3.8, 4) is 0 Å². The fraction of sp³-hybridized carbons (Fsp3) is 0.409. The van der Waals surface area contributed by atoms with Crippen LogP contribution in [0, 0.1) is 13.8 Å². The molecule has 1 saturated heterocycles. The maximum absolute atomic E-state index is 12.9. The molecule has 29 heavy (non-hydrogen) atoms. The second kappa shape index (κ2) is 8.55. The third-order valence-corrected chi connectivity index (χ3v) is 7.00. The number of amides is 1. The summed E-state index contributed by atoms with van der Waals surface area (Å²) >= 11 is 0. The molecule has 0 bridgehead atoms. The predicted molar refractivity (Wildman–Crippen MR) is 116 cm³/mol. The topological polar surface area (TPSA) is 69.7 Å². The van der Waals surface area contributed by atoms with Crippen LogP contribution in [0.3, 0.4) is 0 Å². The maximum Gasteiger partial charge on any atom is 0.262 e. The van der Waals surface area contributed by atoms with Crippen molar-refractivity contribution < 1.29 is 13.2 Å². The molecule has 2 aromatic rings. The van der Waals surface area contributed by atoms with E-state index in [4.69, 9.17) is 0 Å². The van der Waals surface area contributed by atoms with E-state index in [0.29, 0.717) is 35.9 Å². The highest BCUT2D eigenvalue weighted by molar-refractivity contribution is 7.92. The summed E-state index contributed by atoms with van der Waals surface area (Å²) in [4.78, 5) is 17.2. The van der Waals surface area contributed by atoms with Crippen LogP contribution in [0.5, 0.6) is 0 Å². The molecule has 1 aliphatic rings. The smallest absolute Gasteiger partial charge is 0.262 e. The fourth-order valence-corrected chi connectivity index (χ4v) is 5.07. The Morgan fingerprint density at radius 2 is 1.76 bits per heavy atom. The molecule has 0 saturated carbocycles. The molecule has 1 fully saturated rings. The Kier molecular flexibility index (Phi) is 6.29. The van der Waals surface area contributed by atoms with Gasteiger partial charge in [-0.1, -0.05) is 18.2 Å². The fourth-order valence-electron chi connectivity index (χ4n) is 3.69. The number of likely N-dealkylation sites (tertiary alicyclic amines) is 1. The van der Waals surface area contributed by atoms with Gasteiger partial charge in [-0.05, 0) is 76.2 Å².